The molecule has 0 unspecified atom stereocenters. The monoisotopic (exact) mass is 213 g/mol. The zero-order valence-corrected chi connectivity index (χ0v) is 9.21. The predicted molar refractivity (Wildman–Crippen MR) is 56.6 cm³/mol. The third kappa shape index (κ3) is 2.04. The number of aliphatic hydroxyl groups is 1. The first-order valence-electron chi connectivity index (χ1n) is 4.93. The molecule has 14 heavy (non-hydrogen) atoms. The Morgan fingerprint density at radius 3 is 2.71 bits per heavy atom. The van der Waals surface area contributed by atoms with Crippen LogP contribution in [0.15, 0.2) is 0 Å². The lowest BCUT2D eigenvalue weighted by Gasteiger charge is -2.31. The van der Waals surface area contributed by atoms with E-state index in [4.69, 9.17) is 5.11 Å². The van der Waals surface area contributed by atoms with Crippen LogP contribution in [0, 0.1) is 0 Å². The Kier molecular flexibility index (Phi) is 2.69. The minimum Gasteiger partial charge on any atom is -0.393 e. The Bertz CT molecular complexity index is 307. The molecule has 0 bridgehead atoms. The summed E-state index contributed by atoms with van der Waals surface area (Å²) >= 11 is 1.40. The lowest BCUT2D eigenvalue weighted by molar-refractivity contribution is 0.0836. The summed E-state index contributed by atoms with van der Waals surface area (Å²) in [4.78, 5) is 4.37. The van der Waals surface area contributed by atoms with Crippen molar-refractivity contribution in [3.05, 3.63) is 5.82 Å². The molecule has 4 nitrogen and oxygen atoms in total. The maximum absolute atomic E-state index is 9.12. The largest absolute Gasteiger partial charge is 0.393 e. The molecule has 1 heterocycles. The van der Waals surface area contributed by atoms with E-state index in [0.717, 1.165) is 23.8 Å². The van der Waals surface area contributed by atoms with E-state index in [1.54, 1.807) is 0 Å². The van der Waals surface area contributed by atoms with Crippen molar-refractivity contribution in [1.82, 2.24) is 9.36 Å². The fourth-order valence-corrected chi connectivity index (χ4v) is 2.19. The number of anilines is 1. The molecule has 1 saturated carbocycles. The first kappa shape index (κ1) is 9.86. The molecule has 78 valence electrons. The van der Waals surface area contributed by atoms with Gasteiger partial charge in [-0.3, -0.25) is 0 Å². The van der Waals surface area contributed by atoms with E-state index in [2.05, 4.69) is 28.5 Å². The quantitative estimate of drug-likeness (QED) is 0.800. The van der Waals surface area contributed by atoms with Crippen LogP contribution in [-0.4, -0.2) is 26.6 Å². The van der Waals surface area contributed by atoms with Gasteiger partial charge in [-0.1, -0.05) is 13.8 Å². The van der Waals surface area contributed by atoms with Crippen LogP contribution < -0.4 is 5.32 Å². The number of rotatable bonds is 3. The van der Waals surface area contributed by atoms with Crippen molar-refractivity contribution < 1.29 is 5.11 Å². The number of hydrogen-bond donors (Lipinski definition) is 2. The summed E-state index contributed by atoms with van der Waals surface area (Å²) in [5, 5.41) is 13.3. The molecular formula is C9H15N3OS. The van der Waals surface area contributed by atoms with E-state index in [1.165, 1.54) is 11.5 Å². The highest BCUT2D eigenvalue weighted by Gasteiger charge is 2.27. The highest BCUT2D eigenvalue weighted by Crippen LogP contribution is 2.25. The fourth-order valence-electron chi connectivity index (χ4n) is 1.41. The van der Waals surface area contributed by atoms with E-state index in [1.807, 2.05) is 0 Å². The first-order chi connectivity index (χ1) is 6.65. The molecule has 2 N–H and O–H groups in total. The van der Waals surface area contributed by atoms with Gasteiger partial charge in [0, 0.05) is 23.5 Å². The van der Waals surface area contributed by atoms with Crippen LogP contribution in [0.3, 0.4) is 0 Å². The first-order valence-corrected chi connectivity index (χ1v) is 5.70. The molecule has 1 aromatic rings. The van der Waals surface area contributed by atoms with Gasteiger partial charge in [0.15, 0.2) is 0 Å². The van der Waals surface area contributed by atoms with E-state index in [-0.39, 0.29) is 6.10 Å². The minimum absolute atomic E-state index is 0.120. The van der Waals surface area contributed by atoms with Crippen LogP contribution in [0.5, 0.6) is 0 Å². The van der Waals surface area contributed by atoms with Gasteiger partial charge >= 0.3 is 0 Å². The number of nitrogens with one attached hydrogen (secondary N) is 1. The Hall–Kier alpha value is -0.680. The number of nitrogens with zero attached hydrogens (tertiary/aromatic N) is 2. The second-order valence-electron chi connectivity index (χ2n) is 4.08. The van der Waals surface area contributed by atoms with Crippen molar-refractivity contribution in [2.24, 2.45) is 0 Å². The maximum Gasteiger partial charge on any atom is 0.202 e. The number of aliphatic hydroxyl groups excluding tert-OH is 1. The third-order valence-corrected chi connectivity index (χ3v) is 3.06. The average molecular weight is 213 g/mol. The molecule has 0 aliphatic heterocycles. The van der Waals surface area contributed by atoms with Gasteiger partial charge < -0.3 is 10.4 Å². The molecule has 2 rings (SSSR count). The Labute approximate surface area is 87.5 Å². The van der Waals surface area contributed by atoms with Crippen molar-refractivity contribution in [3.63, 3.8) is 0 Å². The third-order valence-electron chi connectivity index (χ3n) is 2.40. The second-order valence-corrected chi connectivity index (χ2v) is 4.83. The average Bonchev–Trinajstić information content (AvgIpc) is 2.50. The Balaban J connectivity index is 1.90. The fraction of sp³-hybridized carbons (Fsp3) is 0.778. The van der Waals surface area contributed by atoms with Gasteiger partial charge in [0.2, 0.25) is 5.13 Å². The van der Waals surface area contributed by atoms with Gasteiger partial charge in [-0.25, -0.2) is 4.98 Å². The van der Waals surface area contributed by atoms with Crippen molar-refractivity contribution >= 4 is 16.7 Å². The lowest BCUT2D eigenvalue weighted by atomic mass is 9.90. The molecule has 0 amide bonds. The van der Waals surface area contributed by atoms with Crippen molar-refractivity contribution in [2.75, 3.05) is 5.32 Å². The van der Waals surface area contributed by atoms with Gasteiger partial charge in [-0.05, 0) is 12.8 Å². The summed E-state index contributed by atoms with van der Waals surface area (Å²) in [5.74, 6) is 1.28. The lowest BCUT2D eigenvalue weighted by Crippen LogP contribution is -2.38. The molecule has 0 atom stereocenters. The SMILES string of the molecule is CC(C)c1nsc(NC2CC(O)C2)n1. The van der Waals surface area contributed by atoms with E-state index < -0.39 is 0 Å². The summed E-state index contributed by atoms with van der Waals surface area (Å²) in [6.45, 7) is 4.16. The van der Waals surface area contributed by atoms with Crippen LogP contribution in [0.4, 0.5) is 5.13 Å². The molecule has 5 heteroatoms. The van der Waals surface area contributed by atoms with E-state index in [0.29, 0.717) is 12.0 Å². The van der Waals surface area contributed by atoms with Crippen LogP contribution in [0.2, 0.25) is 0 Å². The van der Waals surface area contributed by atoms with Gasteiger partial charge in [-0.2, -0.15) is 4.37 Å². The van der Waals surface area contributed by atoms with Crippen LogP contribution in [0.25, 0.3) is 0 Å². The molecule has 1 aliphatic rings. The number of aromatic nitrogens is 2. The maximum atomic E-state index is 9.12. The summed E-state index contributed by atoms with van der Waals surface area (Å²) in [7, 11) is 0. The highest BCUT2D eigenvalue weighted by molar-refractivity contribution is 7.09. The van der Waals surface area contributed by atoms with Crippen LogP contribution in [-0.2, 0) is 0 Å². The van der Waals surface area contributed by atoms with Crippen molar-refractivity contribution in [2.45, 2.75) is 44.8 Å². The minimum atomic E-state index is -0.120. The molecular weight excluding hydrogens is 198 g/mol. The van der Waals surface area contributed by atoms with Gasteiger partial charge in [0.25, 0.3) is 0 Å². The smallest absolute Gasteiger partial charge is 0.202 e. The number of hydrogen-bond acceptors (Lipinski definition) is 5. The zero-order valence-electron chi connectivity index (χ0n) is 8.40. The molecule has 1 aliphatic carbocycles. The topological polar surface area (TPSA) is 58.0 Å². The Morgan fingerprint density at radius 1 is 1.50 bits per heavy atom. The predicted octanol–water partition coefficient (Wildman–Crippen LogP) is 1.60. The molecule has 0 spiro atoms. The summed E-state index contributed by atoms with van der Waals surface area (Å²) in [5.41, 5.74) is 0. The summed E-state index contributed by atoms with van der Waals surface area (Å²) in [6.07, 6.45) is 1.54. The molecule has 0 aromatic carbocycles. The van der Waals surface area contributed by atoms with Gasteiger partial charge in [0.1, 0.15) is 5.82 Å². The van der Waals surface area contributed by atoms with Crippen molar-refractivity contribution in [3.8, 4) is 0 Å². The summed E-state index contributed by atoms with van der Waals surface area (Å²) < 4.78 is 4.25. The van der Waals surface area contributed by atoms with Crippen LogP contribution >= 0.6 is 11.5 Å². The second kappa shape index (κ2) is 3.82. The summed E-state index contributed by atoms with van der Waals surface area (Å²) in [6, 6.07) is 0.387. The zero-order chi connectivity index (χ0) is 10.1. The highest BCUT2D eigenvalue weighted by atomic mass is 32.1. The normalized spacial score (nSPS) is 26.3. The Morgan fingerprint density at radius 2 is 2.21 bits per heavy atom. The molecule has 1 fully saturated rings. The van der Waals surface area contributed by atoms with Crippen molar-refractivity contribution in [1.29, 1.82) is 0 Å². The van der Waals surface area contributed by atoms with E-state index >= 15 is 0 Å². The standard InChI is InChI=1S/C9H15N3OS/c1-5(2)8-11-9(14-12-8)10-6-3-7(13)4-6/h5-7,13H,3-4H2,1-2H3,(H,10,11,12). The molecule has 1 aromatic heterocycles. The van der Waals surface area contributed by atoms with Gasteiger partial charge in [0.05, 0.1) is 6.10 Å². The van der Waals surface area contributed by atoms with Gasteiger partial charge in [-0.15, -0.1) is 0 Å². The molecule has 0 saturated heterocycles. The van der Waals surface area contributed by atoms with E-state index in [9.17, 15) is 0 Å². The molecule has 0 radical (unpaired) electrons. The van der Waals surface area contributed by atoms with Crippen LogP contribution in [0.1, 0.15) is 38.4 Å².